The van der Waals surface area contributed by atoms with Gasteiger partial charge in [-0.25, -0.2) is 0 Å². The average Bonchev–Trinajstić information content (AvgIpc) is 2.30. The van der Waals surface area contributed by atoms with Gasteiger partial charge in [-0.1, -0.05) is 29.3 Å². The Balaban J connectivity index is 2.23. The summed E-state index contributed by atoms with van der Waals surface area (Å²) in [5.74, 6) is 0.216. The monoisotopic (exact) mass is 265 g/mol. The minimum absolute atomic E-state index is 0.216. The van der Waals surface area contributed by atoms with E-state index in [4.69, 9.17) is 28.3 Å². The number of nitrogens with zero attached hydrogens (tertiary/aromatic N) is 1. The van der Waals surface area contributed by atoms with Gasteiger partial charge in [0.2, 0.25) is 0 Å². The topological polar surface area (TPSA) is 32.6 Å². The quantitative estimate of drug-likeness (QED) is 0.800. The first-order valence-electron chi connectivity index (χ1n) is 4.93. The van der Waals surface area contributed by atoms with Crippen LogP contribution < -0.4 is 0 Å². The largest absolute Gasteiger partial charge is 0.508 e. The van der Waals surface area contributed by atoms with Gasteiger partial charge >= 0.3 is 0 Å². The van der Waals surface area contributed by atoms with Gasteiger partial charge in [-0.15, -0.1) is 0 Å². The second kappa shape index (κ2) is 5.21. The van der Waals surface area contributed by atoms with Crippen LogP contribution in [0.4, 0.5) is 5.69 Å². The molecule has 2 nitrogen and oxygen atoms in total. The molecule has 1 N–H and O–H groups in total. The molecule has 0 saturated carbocycles. The summed E-state index contributed by atoms with van der Waals surface area (Å²) in [6.07, 6.45) is 1.66. The highest BCUT2D eigenvalue weighted by Gasteiger charge is 1.98. The third-order valence-electron chi connectivity index (χ3n) is 2.16. The summed E-state index contributed by atoms with van der Waals surface area (Å²) in [5, 5.41) is 10.3. The van der Waals surface area contributed by atoms with Gasteiger partial charge in [-0.05, 0) is 36.4 Å². The zero-order valence-electron chi connectivity index (χ0n) is 8.77. The highest BCUT2D eigenvalue weighted by molar-refractivity contribution is 6.36. The van der Waals surface area contributed by atoms with Crippen molar-refractivity contribution in [2.24, 2.45) is 4.99 Å². The van der Waals surface area contributed by atoms with Gasteiger partial charge in [0.15, 0.2) is 0 Å². The minimum atomic E-state index is 0.216. The summed E-state index contributed by atoms with van der Waals surface area (Å²) in [4.78, 5) is 4.24. The fourth-order valence-corrected chi connectivity index (χ4v) is 1.75. The van der Waals surface area contributed by atoms with E-state index in [1.54, 1.807) is 48.7 Å². The van der Waals surface area contributed by atoms with Crippen molar-refractivity contribution in [2.75, 3.05) is 0 Å². The Morgan fingerprint density at radius 1 is 1.00 bits per heavy atom. The van der Waals surface area contributed by atoms with E-state index in [0.717, 1.165) is 11.3 Å². The van der Waals surface area contributed by atoms with Crippen LogP contribution in [0.15, 0.2) is 47.5 Å². The molecule has 0 atom stereocenters. The number of aromatic hydroxyl groups is 1. The number of phenols is 1. The molecule has 17 heavy (non-hydrogen) atoms. The highest BCUT2D eigenvalue weighted by Crippen LogP contribution is 2.21. The van der Waals surface area contributed by atoms with Crippen LogP contribution in [0.25, 0.3) is 0 Å². The molecule has 2 aromatic rings. The molecule has 0 saturated heterocycles. The van der Waals surface area contributed by atoms with E-state index in [9.17, 15) is 0 Å². The zero-order chi connectivity index (χ0) is 12.3. The molecule has 0 amide bonds. The summed E-state index contributed by atoms with van der Waals surface area (Å²) in [6.45, 7) is 0. The standard InChI is InChI=1S/C13H9Cl2NO/c14-10-2-1-9(13(15)7-10)8-16-11-3-5-12(17)6-4-11/h1-8,17H. The average molecular weight is 266 g/mol. The summed E-state index contributed by atoms with van der Waals surface area (Å²) in [7, 11) is 0. The molecule has 0 heterocycles. The van der Waals surface area contributed by atoms with Crippen molar-refractivity contribution in [3.05, 3.63) is 58.1 Å². The molecule has 0 unspecified atom stereocenters. The van der Waals surface area contributed by atoms with Crippen LogP contribution in [0.2, 0.25) is 10.0 Å². The molecule has 0 radical (unpaired) electrons. The van der Waals surface area contributed by atoms with Gasteiger partial charge < -0.3 is 5.11 Å². The van der Waals surface area contributed by atoms with Crippen molar-refractivity contribution in [3.8, 4) is 5.75 Å². The lowest BCUT2D eigenvalue weighted by Crippen LogP contribution is -1.82. The molecular formula is C13H9Cl2NO. The second-order valence-corrected chi connectivity index (χ2v) is 4.28. The first-order valence-corrected chi connectivity index (χ1v) is 5.69. The molecule has 0 aliphatic rings. The summed E-state index contributed by atoms with van der Waals surface area (Å²) in [6, 6.07) is 11.8. The van der Waals surface area contributed by atoms with E-state index in [1.165, 1.54) is 0 Å². The Labute approximate surface area is 109 Å². The van der Waals surface area contributed by atoms with Crippen molar-refractivity contribution >= 4 is 35.1 Å². The van der Waals surface area contributed by atoms with Crippen molar-refractivity contribution in [1.29, 1.82) is 0 Å². The molecule has 0 aromatic heterocycles. The first-order chi connectivity index (χ1) is 8.15. The van der Waals surface area contributed by atoms with Gasteiger partial charge in [0.05, 0.1) is 10.7 Å². The Kier molecular flexibility index (Phi) is 3.67. The first kappa shape index (κ1) is 12.0. The van der Waals surface area contributed by atoms with Crippen LogP contribution in [-0.2, 0) is 0 Å². The molecule has 4 heteroatoms. The fourth-order valence-electron chi connectivity index (χ4n) is 1.29. The van der Waals surface area contributed by atoms with E-state index in [2.05, 4.69) is 4.99 Å². The van der Waals surface area contributed by atoms with Crippen molar-refractivity contribution in [3.63, 3.8) is 0 Å². The van der Waals surface area contributed by atoms with E-state index in [1.807, 2.05) is 0 Å². The summed E-state index contributed by atoms with van der Waals surface area (Å²) >= 11 is 11.8. The number of hydrogen-bond donors (Lipinski definition) is 1. The third-order valence-corrected chi connectivity index (χ3v) is 2.73. The predicted octanol–water partition coefficient (Wildman–Crippen LogP) is 4.45. The molecule has 2 rings (SSSR count). The van der Waals surface area contributed by atoms with E-state index in [0.29, 0.717) is 10.0 Å². The van der Waals surface area contributed by atoms with Gasteiger partial charge in [-0.2, -0.15) is 0 Å². The normalized spacial score (nSPS) is 10.9. The zero-order valence-corrected chi connectivity index (χ0v) is 10.3. The van der Waals surface area contributed by atoms with Crippen molar-refractivity contribution < 1.29 is 5.11 Å². The number of hydrogen-bond acceptors (Lipinski definition) is 2. The molecule has 0 fully saturated rings. The van der Waals surface area contributed by atoms with E-state index < -0.39 is 0 Å². The van der Waals surface area contributed by atoms with E-state index in [-0.39, 0.29) is 5.75 Å². The number of aliphatic imine (C=N–C) groups is 1. The Hall–Kier alpha value is -1.51. The molecule has 0 aliphatic carbocycles. The molecule has 0 bridgehead atoms. The molecule has 86 valence electrons. The Morgan fingerprint density at radius 2 is 1.71 bits per heavy atom. The third kappa shape index (κ3) is 3.22. The predicted molar refractivity (Wildman–Crippen MR) is 71.8 cm³/mol. The van der Waals surface area contributed by atoms with Gasteiger partial charge in [0, 0.05) is 16.8 Å². The van der Waals surface area contributed by atoms with Gasteiger partial charge in [-0.3, -0.25) is 4.99 Å². The molecule has 0 aliphatic heterocycles. The number of benzene rings is 2. The minimum Gasteiger partial charge on any atom is -0.508 e. The smallest absolute Gasteiger partial charge is 0.115 e. The summed E-state index contributed by atoms with van der Waals surface area (Å²) < 4.78 is 0. The van der Waals surface area contributed by atoms with Gasteiger partial charge in [0.25, 0.3) is 0 Å². The maximum atomic E-state index is 9.13. The van der Waals surface area contributed by atoms with Crippen LogP contribution in [0.1, 0.15) is 5.56 Å². The Morgan fingerprint density at radius 3 is 2.35 bits per heavy atom. The maximum absolute atomic E-state index is 9.13. The van der Waals surface area contributed by atoms with Crippen LogP contribution in [0, 0.1) is 0 Å². The summed E-state index contributed by atoms with van der Waals surface area (Å²) in [5.41, 5.74) is 1.54. The van der Waals surface area contributed by atoms with E-state index >= 15 is 0 Å². The van der Waals surface area contributed by atoms with Crippen LogP contribution >= 0.6 is 23.2 Å². The molecular weight excluding hydrogens is 257 g/mol. The number of halogens is 2. The Bertz CT molecular complexity index is 550. The maximum Gasteiger partial charge on any atom is 0.115 e. The second-order valence-electron chi connectivity index (χ2n) is 3.44. The molecule has 2 aromatic carbocycles. The SMILES string of the molecule is Oc1ccc(N=Cc2ccc(Cl)cc2Cl)cc1. The number of phenolic OH excluding ortho intramolecular Hbond substituents is 1. The lowest BCUT2D eigenvalue weighted by atomic mass is 10.2. The van der Waals surface area contributed by atoms with Crippen LogP contribution in [0.3, 0.4) is 0 Å². The van der Waals surface area contributed by atoms with Crippen molar-refractivity contribution in [1.82, 2.24) is 0 Å². The highest BCUT2D eigenvalue weighted by atomic mass is 35.5. The number of rotatable bonds is 2. The van der Waals surface area contributed by atoms with Crippen LogP contribution in [-0.4, -0.2) is 11.3 Å². The fraction of sp³-hybridized carbons (Fsp3) is 0. The lowest BCUT2D eigenvalue weighted by molar-refractivity contribution is 0.475. The van der Waals surface area contributed by atoms with Crippen molar-refractivity contribution in [2.45, 2.75) is 0 Å². The van der Waals surface area contributed by atoms with Gasteiger partial charge in [0.1, 0.15) is 5.75 Å². The lowest BCUT2D eigenvalue weighted by Gasteiger charge is -1.98. The van der Waals surface area contributed by atoms with Crippen LogP contribution in [0.5, 0.6) is 5.75 Å². The molecule has 0 spiro atoms.